The van der Waals surface area contributed by atoms with E-state index in [-0.39, 0.29) is 5.56 Å². The summed E-state index contributed by atoms with van der Waals surface area (Å²) in [4.78, 5) is 32.8. The van der Waals surface area contributed by atoms with Crippen LogP contribution in [0.5, 0.6) is 0 Å². The molecule has 7 heteroatoms. The van der Waals surface area contributed by atoms with Gasteiger partial charge in [-0.3, -0.25) is 9.78 Å². The second-order valence-electron chi connectivity index (χ2n) is 7.53. The highest BCUT2D eigenvalue weighted by Gasteiger charge is 2.23. The average Bonchev–Trinajstić information content (AvgIpc) is 3.11. The van der Waals surface area contributed by atoms with E-state index in [1.807, 2.05) is 30.5 Å². The first kappa shape index (κ1) is 17.6. The number of carbonyl (C=O) groups is 1. The van der Waals surface area contributed by atoms with Crippen molar-refractivity contribution in [1.29, 1.82) is 0 Å². The summed E-state index contributed by atoms with van der Waals surface area (Å²) in [6.45, 7) is 0. The summed E-state index contributed by atoms with van der Waals surface area (Å²) in [5.41, 5.74) is 7.48. The third kappa shape index (κ3) is 2.99. The molecule has 1 fully saturated rings. The van der Waals surface area contributed by atoms with Gasteiger partial charge in [0, 0.05) is 35.5 Å². The van der Waals surface area contributed by atoms with Gasteiger partial charge in [-0.2, -0.15) is 0 Å². The Morgan fingerprint density at radius 2 is 2.00 bits per heavy atom. The Labute approximate surface area is 166 Å². The molecule has 1 aromatic carbocycles. The second-order valence-corrected chi connectivity index (χ2v) is 7.53. The molecule has 0 saturated heterocycles. The van der Waals surface area contributed by atoms with Crippen LogP contribution in [-0.2, 0) is 0 Å². The number of amides is 1. The van der Waals surface area contributed by atoms with Gasteiger partial charge in [0.2, 0.25) is 0 Å². The van der Waals surface area contributed by atoms with Gasteiger partial charge in [-0.1, -0.05) is 19.3 Å². The Kier molecular flexibility index (Phi) is 4.16. The Morgan fingerprint density at radius 1 is 1.17 bits per heavy atom. The van der Waals surface area contributed by atoms with Crippen molar-refractivity contribution in [3.63, 3.8) is 0 Å². The van der Waals surface area contributed by atoms with Crippen LogP contribution in [0.3, 0.4) is 0 Å². The largest absolute Gasteiger partial charge is 0.422 e. The van der Waals surface area contributed by atoms with Crippen LogP contribution in [0.25, 0.3) is 33.4 Å². The molecule has 0 radical (unpaired) electrons. The topological polar surface area (TPSA) is 104 Å². The number of imidazole rings is 1. The van der Waals surface area contributed by atoms with Crippen molar-refractivity contribution in [1.82, 2.24) is 14.5 Å². The van der Waals surface area contributed by atoms with Crippen molar-refractivity contribution >= 4 is 27.9 Å². The number of aromatic nitrogens is 3. The maximum atomic E-state index is 12.1. The number of rotatable bonds is 3. The van der Waals surface area contributed by atoms with Gasteiger partial charge < -0.3 is 14.7 Å². The predicted octanol–water partition coefficient (Wildman–Crippen LogP) is 3.81. The van der Waals surface area contributed by atoms with E-state index in [2.05, 4.69) is 9.55 Å². The van der Waals surface area contributed by atoms with E-state index in [9.17, 15) is 9.59 Å². The molecule has 5 rings (SSSR count). The molecule has 0 atom stereocenters. The molecule has 0 unspecified atom stereocenters. The molecule has 1 amide bonds. The average molecular weight is 388 g/mol. The molecule has 1 saturated carbocycles. The van der Waals surface area contributed by atoms with Crippen LogP contribution < -0.4 is 11.4 Å². The molecule has 29 heavy (non-hydrogen) atoms. The van der Waals surface area contributed by atoms with E-state index < -0.39 is 11.5 Å². The first-order chi connectivity index (χ1) is 14.1. The zero-order valence-electron chi connectivity index (χ0n) is 15.8. The van der Waals surface area contributed by atoms with Gasteiger partial charge in [0.15, 0.2) is 0 Å². The minimum Gasteiger partial charge on any atom is -0.422 e. The lowest BCUT2D eigenvalue weighted by molar-refractivity contribution is 0.0997. The SMILES string of the molecule is NC(=O)c1cc2cc3nc(-c4cccnc4)n(C4CCCCC4)c3cc2oc1=O. The van der Waals surface area contributed by atoms with Crippen LogP contribution in [-0.4, -0.2) is 20.4 Å². The Morgan fingerprint density at radius 3 is 2.72 bits per heavy atom. The zero-order chi connectivity index (χ0) is 20.0. The highest BCUT2D eigenvalue weighted by atomic mass is 16.4. The molecule has 7 nitrogen and oxygen atoms in total. The molecule has 0 bridgehead atoms. The first-order valence-electron chi connectivity index (χ1n) is 9.82. The van der Waals surface area contributed by atoms with E-state index >= 15 is 0 Å². The highest BCUT2D eigenvalue weighted by molar-refractivity contribution is 5.99. The summed E-state index contributed by atoms with van der Waals surface area (Å²) < 4.78 is 7.67. The molecule has 0 spiro atoms. The van der Waals surface area contributed by atoms with Gasteiger partial charge in [0.1, 0.15) is 17.0 Å². The minimum atomic E-state index is -0.801. The van der Waals surface area contributed by atoms with Gasteiger partial charge in [0.25, 0.3) is 5.91 Å². The standard InChI is InChI=1S/C22H20N4O3/c23-20(27)16-9-14-10-17-18(11-19(14)29-22(16)28)26(15-6-2-1-3-7-15)21(25-17)13-5-4-8-24-12-13/h4-5,8-12,15H,1-3,6-7H2,(H2,23,27). The molecule has 146 valence electrons. The molecule has 3 heterocycles. The lowest BCUT2D eigenvalue weighted by Crippen LogP contribution is -2.20. The number of hydrogen-bond donors (Lipinski definition) is 1. The number of primary amides is 1. The Balaban J connectivity index is 1.80. The van der Waals surface area contributed by atoms with Crippen molar-refractivity contribution in [3.8, 4) is 11.4 Å². The molecule has 2 N–H and O–H groups in total. The third-order valence-electron chi connectivity index (χ3n) is 5.67. The number of pyridine rings is 1. The monoisotopic (exact) mass is 388 g/mol. The zero-order valence-corrected chi connectivity index (χ0v) is 15.8. The van der Waals surface area contributed by atoms with Crippen LogP contribution in [0.1, 0.15) is 48.5 Å². The van der Waals surface area contributed by atoms with Crippen LogP contribution in [0.2, 0.25) is 0 Å². The van der Waals surface area contributed by atoms with Crippen molar-refractivity contribution in [2.45, 2.75) is 38.1 Å². The number of hydrogen-bond acceptors (Lipinski definition) is 5. The molecule has 1 aliphatic rings. The smallest absolute Gasteiger partial charge is 0.349 e. The van der Waals surface area contributed by atoms with Crippen LogP contribution >= 0.6 is 0 Å². The number of carbonyl (C=O) groups excluding carboxylic acids is 1. The van der Waals surface area contributed by atoms with E-state index in [1.54, 1.807) is 6.20 Å². The van der Waals surface area contributed by atoms with Crippen molar-refractivity contribution in [2.24, 2.45) is 5.73 Å². The lowest BCUT2D eigenvalue weighted by Gasteiger charge is -2.25. The number of fused-ring (bicyclic) bond motifs is 2. The fourth-order valence-corrected chi connectivity index (χ4v) is 4.29. The molecule has 3 aromatic heterocycles. The fraction of sp³-hybridized carbons (Fsp3) is 0.273. The van der Waals surface area contributed by atoms with Crippen molar-refractivity contribution in [3.05, 3.63) is 58.7 Å². The fourth-order valence-electron chi connectivity index (χ4n) is 4.29. The van der Waals surface area contributed by atoms with Gasteiger partial charge in [-0.05, 0) is 37.1 Å². The summed E-state index contributed by atoms with van der Waals surface area (Å²) in [6, 6.07) is 9.40. The van der Waals surface area contributed by atoms with Gasteiger partial charge in [0.05, 0.1) is 11.0 Å². The van der Waals surface area contributed by atoms with Crippen LogP contribution in [0.15, 0.2) is 51.9 Å². The number of nitrogens with two attached hydrogens (primary N) is 1. The summed E-state index contributed by atoms with van der Waals surface area (Å²) >= 11 is 0. The summed E-state index contributed by atoms with van der Waals surface area (Å²) in [6.07, 6.45) is 9.33. The Hall–Kier alpha value is -3.48. The normalized spacial score (nSPS) is 15.2. The van der Waals surface area contributed by atoms with Gasteiger partial charge >= 0.3 is 5.63 Å². The first-order valence-corrected chi connectivity index (χ1v) is 9.82. The predicted molar refractivity (Wildman–Crippen MR) is 110 cm³/mol. The third-order valence-corrected chi connectivity index (χ3v) is 5.67. The van der Waals surface area contributed by atoms with Crippen LogP contribution in [0.4, 0.5) is 0 Å². The van der Waals surface area contributed by atoms with E-state index in [4.69, 9.17) is 15.1 Å². The summed E-state index contributed by atoms with van der Waals surface area (Å²) in [5, 5.41) is 0.622. The van der Waals surface area contributed by atoms with Crippen molar-refractivity contribution < 1.29 is 9.21 Å². The Bertz CT molecular complexity index is 1280. The molecule has 4 aromatic rings. The number of benzene rings is 1. The molecule has 0 aliphatic heterocycles. The summed E-state index contributed by atoms with van der Waals surface area (Å²) in [7, 11) is 0. The quantitative estimate of drug-likeness (QED) is 0.538. The summed E-state index contributed by atoms with van der Waals surface area (Å²) in [5.74, 6) is 0.0531. The lowest BCUT2D eigenvalue weighted by atomic mass is 9.95. The van der Waals surface area contributed by atoms with Gasteiger partial charge in [-0.15, -0.1) is 0 Å². The van der Waals surface area contributed by atoms with E-state index in [1.165, 1.54) is 25.3 Å². The highest BCUT2D eigenvalue weighted by Crippen LogP contribution is 2.36. The number of nitrogens with zero attached hydrogens (tertiary/aromatic N) is 3. The minimum absolute atomic E-state index is 0.156. The van der Waals surface area contributed by atoms with Crippen molar-refractivity contribution in [2.75, 3.05) is 0 Å². The van der Waals surface area contributed by atoms with E-state index in [0.717, 1.165) is 35.3 Å². The molecule has 1 aliphatic carbocycles. The van der Waals surface area contributed by atoms with Gasteiger partial charge in [-0.25, -0.2) is 9.78 Å². The molecular formula is C22H20N4O3. The molecular weight excluding hydrogens is 368 g/mol. The maximum Gasteiger partial charge on any atom is 0.349 e. The van der Waals surface area contributed by atoms with E-state index in [0.29, 0.717) is 17.0 Å². The maximum absolute atomic E-state index is 12.1. The van der Waals surface area contributed by atoms with Crippen LogP contribution in [0, 0.1) is 0 Å². The second kappa shape index (κ2) is 6.84.